The summed E-state index contributed by atoms with van der Waals surface area (Å²) >= 11 is 0. The summed E-state index contributed by atoms with van der Waals surface area (Å²) in [6.07, 6.45) is 2.46. The minimum absolute atomic E-state index is 0.602. The molecule has 0 spiro atoms. The van der Waals surface area contributed by atoms with Crippen molar-refractivity contribution in [3.63, 3.8) is 0 Å². The van der Waals surface area contributed by atoms with Crippen LogP contribution in [0.2, 0.25) is 0 Å². The Kier molecular flexibility index (Phi) is 4.73. The first-order valence-electron chi connectivity index (χ1n) is 6.52. The molecular formula is C14H19N5O. The van der Waals surface area contributed by atoms with Crippen LogP contribution in [-0.2, 0) is 0 Å². The number of nitrogen functional groups attached to an aromatic ring is 1. The quantitative estimate of drug-likeness (QED) is 0.554. The molecule has 106 valence electrons. The van der Waals surface area contributed by atoms with E-state index in [-0.39, 0.29) is 0 Å². The van der Waals surface area contributed by atoms with Crippen molar-refractivity contribution in [1.82, 2.24) is 9.97 Å². The Morgan fingerprint density at radius 1 is 1.15 bits per heavy atom. The van der Waals surface area contributed by atoms with E-state index in [2.05, 4.69) is 27.6 Å². The normalized spacial score (nSPS) is 10.2. The average molecular weight is 273 g/mol. The second kappa shape index (κ2) is 6.72. The maximum Gasteiger partial charge on any atom is 0.148 e. The van der Waals surface area contributed by atoms with Gasteiger partial charge in [0.1, 0.15) is 23.7 Å². The average Bonchev–Trinajstić information content (AvgIpc) is 2.48. The number of aromatic nitrogens is 2. The summed E-state index contributed by atoms with van der Waals surface area (Å²) in [4.78, 5) is 8.24. The lowest BCUT2D eigenvalue weighted by Crippen LogP contribution is -2.11. The van der Waals surface area contributed by atoms with Gasteiger partial charge in [0, 0.05) is 11.3 Å². The third-order valence-electron chi connectivity index (χ3n) is 2.81. The molecule has 0 aliphatic carbocycles. The van der Waals surface area contributed by atoms with E-state index in [1.807, 2.05) is 31.2 Å². The van der Waals surface area contributed by atoms with Crippen LogP contribution in [0.5, 0.6) is 5.75 Å². The molecule has 0 saturated carbocycles. The van der Waals surface area contributed by atoms with Crippen molar-refractivity contribution >= 4 is 17.3 Å². The molecule has 0 radical (unpaired) electrons. The van der Waals surface area contributed by atoms with Gasteiger partial charge in [0.25, 0.3) is 0 Å². The molecule has 6 nitrogen and oxygen atoms in total. The first-order chi connectivity index (χ1) is 9.74. The highest BCUT2D eigenvalue weighted by Gasteiger charge is 2.06. The Morgan fingerprint density at radius 3 is 2.50 bits per heavy atom. The van der Waals surface area contributed by atoms with E-state index < -0.39 is 0 Å². The van der Waals surface area contributed by atoms with Crippen LogP contribution in [0.4, 0.5) is 17.3 Å². The summed E-state index contributed by atoms with van der Waals surface area (Å²) in [6, 6.07) is 7.75. The number of nitrogens with one attached hydrogen (secondary N) is 2. The number of benzene rings is 1. The number of hydrogen-bond acceptors (Lipinski definition) is 6. The fraction of sp³-hybridized carbons (Fsp3) is 0.286. The van der Waals surface area contributed by atoms with Crippen LogP contribution in [-0.4, -0.2) is 16.6 Å². The lowest BCUT2D eigenvalue weighted by atomic mass is 10.2. The molecule has 0 aliphatic heterocycles. The van der Waals surface area contributed by atoms with Gasteiger partial charge in [0.15, 0.2) is 0 Å². The number of anilines is 3. The molecule has 2 aromatic rings. The molecule has 6 heteroatoms. The van der Waals surface area contributed by atoms with Crippen LogP contribution in [0.3, 0.4) is 0 Å². The molecule has 20 heavy (non-hydrogen) atoms. The molecule has 0 aliphatic rings. The first kappa shape index (κ1) is 14.1. The minimum Gasteiger partial charge on any atom is -0.494 e. The molecule has 0 amide bonds. The molecule has 4 N–H and O–H groups in total. The highest BCUT2D eigenvalue weighted by Crippen LogP contribution is 2.23. The van der Waals surface area contributed by atoms with Gasteiger partial charge in [-0.2, -0.15) is 0 Å². The van der Waals surface area contributed by atoms with E-state index in [0.29, 0.717) is 5.82 Å². The molecule has 0 saturated heterocycles. The van der Waals surface area contributed by atoms with Gasteiger partial charge in [0.05, 0.1) is 6.61 Å². The lowest BCUT2D eigenvalue weighted by Gasteiger charge is -2.11. The van der Waals surface area contributed by atoms with E-state index >= 15 is 0 Å². The van der Waals surface area contributed by atoms with Crippen molar-refractivity contribution in [1.29, 1.82) is 0 Å². The van der Waals surface area contributed by atoms with E-state index in [0.717, 1.165) is 35.8 Å². The number of nitrogens with zero attached hydrogens (tertiary/aromatic N) is 2. The first-order valence-corrected chi connectivity index (χ1v) is 6.52. The second-order valence-electron chi connectivity index (χ2n) is 4.34. The Hall–Kier alpha value is -2.34. The van der Waals surface area contributed by atoms with Crippen molar-refractivity contribution in [3.8, 4) is 5.75 Å². The van der Waals surface area contributed by atoms with Gasteiger partial charge in [-0.3, -0.25) is 0 Å². The third-order valence-corrected chi connectivity index (χ3v) is 2.81. The monoisotopic (exact) mass is 273 g/mol. The second-order valence-corrected chi connectivity index (χ2v) is 4.34. The summed E-state index contributed by atoms with van der Waals surface area (Å²) in [5.41, 5.74) is 4.33. The zero-order valence-electron chi connectivity index (χ0n) is 11.7. The Labute approximate surface area is 118 Å². The van der Waals surface area contributed by atoms with Crippen LogP contribution < -0.4 is 21.3 Å². The maximum absolute atomic E-state index is 5.54. The predicted molar refractivity (Wildman–Crippen MR) is 80.1 cm³/mol. The lowest BCUT2D eigenvalue weighted by molar-refractivity contribution is 0.317. The molecule has 0 atom stereocenters. The van der Waals surface area contributed by atoms with Gasteiger partial charge in [0.2, 0.25) is 0 Å². The topological polar surface area (TPSA) is 85.1 Å². The van der Waals surface area contributed by atoms with E-state index in [1.54, 1.807) is 0 Å². The molecule has 0 bridgehead atoms. The van der Waals surface area contributed by atoms with Crippen LogP contribution in [0, 0.1) is 6.92 Å². The van der Waals surface area contributed by atoms with E-state index in [1.165, 1.54) is 6.33 Å². The Bertz CT molecular complexity index is 556. The number of hydrogen-bond donors (Lipinski definition) is 3. The Morgan fingerprint density at radius 2 is 1.85 bits per heavy atom. The maximum atomic E-state index is 5.54. The fourth-order valence-corrected chi connectivity index (χ4v) is 1.71. The molecule has 1 aromatic carbocycles. The summed E-state index contributed by atoms with van der Waals surface area (Å²) in [5, 5.41) is 3.23. The summed E-state index contributed by atoms with van der Waals surface area (Å²) in [7, 11) is 0. The standard InChI is InChI=1S/C14H19N5O/c1-3-8-20-12-6-4-11(5-7-12)18-13-10(2)14(19-15)17-9-16-13/h4-7,9H,3,8,15H2,1-2H3,(H2,16,17,18,19). The number of ether oxygens (including phenoxy) is 1. The van der Waals surface area contributed by atoms with Crippen LogP contribution in [0.1, 0.15) is 18.9 Å². The summed E-state index contributed by atoms with van der Waals surface area (Å²) in [5.74, 6) is 7.58. The SMILES string of the molecule is CCCOc1ccc(Nc2ncnc(NN)c2C)cc1. The van der Waals surface area contributed by atoms with Gasteiger partial charge in [-0.25, -0.2) is 15.8 Å². The van der Waals surface area contributed by atoms with E-state index in [9.17, 15) is 0 Å². The molecule has 0 fully saturated rings. The van der Waals surface area contributed by atoms with Gasteiger partial charge in [-0.05, 0) is 37.6 Å². The smallest absolute Gasteiger partial charge is 0.148 e. The third kappa shape index (κ3) is 3.36. The fourth-order valence-electron chi connectivity index (χ4n) is 1.71. The van der Waals surface area contributed by atoms with Crippen molar-refractivity contribution < 1.29 is 4.74 Å². The predicted octanol–water partition coefficient (Wildman–Crippen LogP) is 2.60. The zero-order valence-corrected chi connectivity index (χ0v) is 11.7. The number of hydrazine groups is 1. The summed E-state index contributed by atoms with van der Waals surface area (Å²) < 4.78 is 5.54. The van der Waals surface area contributed by atoms with Crippen LogP contribution in [0.15, 0.2) is 30.6 Å². The number of nitrogens with two attached hydrogens (primary N) is 1. The van der Waals surface area contributed by atoms with Gasteiger partial charge >= 0.3 is 0 Å². The number of rotatable bonds is 6. The van der Waals surface area contributed by atoms with E-state index in [4.69, 9.17) is 10.6 Å². The van der Waals surface area contributed by atoms with Crippen molar-refractivity contribution in [2.75, 3.05) is 17.3 Å². The largest absolute Gasteiger partial charge is 0.494 e. The molecule has 2 rings (SSSR count). The summed E-state index contributed by atoms with van der Waals surface area (Å²) in [6.45, 7) is 4.70. The van der Waals surface area contributed by atoms with Gasteiger partial charge in [-0.1, -0.05) is 6.92 Å². The van der Waals surface area contributed by atoms with Crippen LogP contribution in [0.25, 0.3) is 0 Å². The van der Waals surface area contributed by atoms with Crippen molar-refractivity contribution in [2.45, 2.75) is 20.3 Å². The highest BCUT2D eigenvalue weighted by molar-refractivity contribution is 5.64. The Balaban J connectivity index is 2.10. The van der Waals surface area contributed by atoms with Crippen molar-refractivity contribution in [2.24, 2.45) is 5.84 Å². The van der Waals surface area contributed by atoms with Crippen LogP contribution >= 0.6 is 0 Å². The molecule has 0 unspecified atom stereocenters. The van der Waals surface area contributed by atoms with Crippen molar-refractivity contribution in [3.05, 3.63) is 36.2 Å². The minimum atomic E-state index is 0.602. The highest BCUT2D eigenvalue weighted by atomic mass is 16.5. The molecule has 1 aromatic heterocycles. The zero-order chi connectivity index (χ0) is 14.4. The molecule has 1 heterocycles. The van der Waals surface area contributed by atoms with Gasteiger partial charge < -0.3 is 15.5 Å². The molecular weight excluding hydrogens is 254 g/mol. The van der Waals surface area contributed by atoms with Gasteiger partial charge in [-0.15, -0.1) is 0 Å².